The van der Waals surface area contributed by atoms with Gasteiger partial charge in [-0.05, 0) is 0 Å². The van der Waals surface area contributed by atoms with Crippen molar-refractivity contribution < 1.29 is 0 Å². The second kappa shape index (κ2) is 6.43. The number of rotatable bonds is 0. The zero-order valence-electron chi connectivity index (χ0n) is 2.80. The monoisotopic (exact) mass is 149 g/mol. The predicted octanol–water partition coefficient (Wildman–Crippen LogP) is 0.750. The van der Waals surface area contributed by atoms with Crippen LogP contribution in [0.5, 0.6) is 0 Å². The summed E-state index contributed by atoms with van der Waals surface area (Å²) in [6.07, 6.45) is 0. The van der Waals surface area contributed by atoms with Crippen LogP contribution in [0.4, 0.5) is 0 Å². The normalized spacial score (nSPS) is 5.20. The molecule has 0 saturated carbocycles. The van der Waals surface area contributed by atoms with Gasteiger partial charge in [0.25, 0.3) is 0 Å². The molecule has 0 spiro atoms. The summed E-state index contributed by atoms with van der Waals surface area (Å²) in [5, 5.41) is 0. The third kappa shape index (κ3) is 21.4. The molecule has 5 heavy (non-hydrogen) atoms. The zero-order valence-corrected chi connectivity index (χ0v) is 8.53. The van der Waals surface area contributed by atoms with Crippen molar-refractivity contribution in [2.75, 3.05) is 0 Å². The molecule has 0 rings (SSSR count). The van der Waals surface area contributed by atoms with Crippen LogP contribution in [0.15, 0.2) is 0 Å². The van der Waals surface area contributed by atoms with Crippen molar-refractivity contribution in [2.45, 2.75) is 0 Å². The Labute approximate surface area is 90.3 Å². The van der Waals surface area contributed by atoms with Crippen LogP contribution < -0.4 is 0 Å². The molecule has 0 aromatic carbocycles. The van der Waals surface area contributed by atoms with E-state index in [0.29, 0.717) is 3.53 Å². The molecule has 0 heterocycles. The Hall–Kier alpha value is 2.43. The first-order valence-corrected chi connectivity index (χ1v) is 1.95. The maximum Gasteiger partial charge on any atom is 0.0976 e. The number of thiol groups is 2. The van der Waals surface area contributed by atoms with Gasteiger partial charge in [-0.25, -0.2) is 0 Å². The van der Waals surface area contributed by atoms with Crippen molar-refractivity contribution in [3.05, 3.63) is 0 Å². The second-order valence-corrected chi connectivity index (χ2v) is 2.54. The van der Waals surface area contributed by atoms with E-state index >= 15 is 0 Å². The molecule has 0 N–H and O–H groups in total. The Kier molecular flexibility index (Phi) is 13.4. The van der Waals surface area contributed by atoms with Crippen LogP contribution in [-0.2, 0) is 0 Å². The van der Waals surface area contributed by atoms with Crippen LogP contribution in [0.25, 0.3) is 0 Å². The van der Waals surface area contributed by atoms with E-state index in [0.717, 1.165) is 0 Å². The molecule has 0 aliphatic rings. The van der Waals surface area contributed by atoms with Gasteiger partial charge < -0.3 is 0 Å². The Balaban J connectivity index is 0. The van der Waals surface area contributed by atoms with Gasteiger partial charge >= 0.3 is 0 Å². The van der Waals surface area contributed by atoms with Gasteiger partial charge in [-0.2, -0.15) is 0 Å². The molecule has 0 amide bonds. The average molecular weight is 149 g/mol. The molecule has 0 bridgehead atoms. The van der Waals surface area contributed by atoms with Gasteiger partial charge in [0.15, 0.2) is 0 Å². The summed E-state index contributed by atoms with van der Waals surface area (Å²) in [5.74, 6) is 0. The Bertz CT molecular complexity index is 29.9. The van der Waals surface area contributed by atoms with E-state index in [9.17, 15) is 0 Å². The summed E-state index contributed by atoms with van der Waals surface area (Å²) in [6, 6.07) is 0. The summed E-state index contributed by atoms with van der Waals surface area (Å²) >= 11 is 11.4. The van der Waals surface area contributed by atoms with Gasteiger partial charge in [-0.1, -0.05) is 12.2 Å². The van der Waals surface area contributed by atoms with Gasteiger partial charge in [0.05, 0.1) is 3.53 Å². The molecule has 0 aromatic rings. The first-order chi connectivity index (χ1) is 1.73. The van der Waals surface area contributed by atoms with E-state index in [2.05, 4.69) is 37.5 Å². The van der Waals surface area contributed by atoms with E-state index in [1.54, 1.807) is 0 Å². The standard InChI is InChI=1S/CH2S3.K/c2-1(3)4;/h(H2,2,3,4);. The number of hydrogen-bond donors (Lipinski definition) is 2. The van der Waals surface area contributed by atoms with Gasteiger partial charge in [0.2, 0.25) is 0 Å². The SMILES string of the molecule is S=C(S)S.[K]. The molecule has 0 aliphatic carbocycles. The Morgan fingerprint density at radius 1 is 1.40 bits per heavy atom. The van der Waals surface area contributed by atoms with Gasteiger partial charge in [0.1, 0.15) is 0 Å². The molecule has 25 valence electrons. The van der Waals surface area contributed by atoms with Crippen molar-refractivity contribution in [3.8, 4) is 0 Å². The van der Waals surface area contributed by atoms with E-state index in [4.69, 9.17) is 0 Å². The molecule has 0 aromatic heterocycles. The summed E-state index contributed by atoms with van der Waals surface area (Å²) < 4.78 is 0.389. The number of thiocarbonyl (C=S) groups is 1. The van der Waals surface area contributed by atoms with Crippen LogP contribution in [0, 0.1) is 0 Å². The Morgan fingerprint density at radius 3 is 1.40 bits per heavy atom. The quantitative estimate of drug-likeness (QED) is 0.291. The molecule has 0 saturated heterocycles. The maximum absolute atomic E-state index is 4.27. The topological polar surface area (TPSA) is 0 Å². The second-order valence-electron chi connectivity index (χ2n) is 0.283. The minimum Gasteiger partial charge on any atom is -0.125 e. The Morgan fingerprint density at radius 2 is 1.40 bits per heavy atom. The van der Waals surface area contributed by atoms with Crippen molar-refractivity contribution >= 4 is 92.4 Å². The van der Waals surface area contributed by atoms with Crippen molar-refractivity contribution in [2.24, 2.45) is 0 Å². The molecule has 0 aliphatic heterocycles. The van der Waals surface area contributed by atoms with Crippen LogP contribution >= 0.6 is 37.5 Å². The molecule has 1 radical (unpaired) electrons. The maximum atomic E-state index is 4.27. The fourth-order valence-corrected chi connectivity index (χ4v) is 0. The smallest absolute Gasteiger partial charge is 0.0976 e. The first kappa shape index (κ1) is 10.4. The first-order valence-electron chi connectivity index (χ1n) is 0.651. The van der Waals surface area contributed by atoms with E-state index in [-0.39, 0.29) is 51.4 Å². The van der Waals surface area contributed by atoms with Gasteiger partial charge in [-0.3, -0.25) is 0 Å². The van der Waals surface area contributed by atoms with Crippen LogP contribution in [-0.4, -0.2) is 54.9 Å². The van der Waals surface area contributed by atoms with Crippen LogP contribution in [0.2, 0.25) is 0 Å². The van der Waals surface area contributed by atoms with Crippen molar-refractivity contribution in [1.82, 2.24) is 0 Å². The van der Waals surface area contributed by atoms with E-state index < -0.39 is 0 Å². The molecule has 0 atom stereocenters. The van der Waals surface area contributed by atoms with Crippen LogP contribution in [0.1, 0.15) is 0 Å². The average Bonchev–Trinajstić information content (AvgIpc) is 0.811. The summed E-state index contributed by atoms with van der Waals surface area (Å²) in [7, 11) is 0. The summed E-state index contributed by atoms with van der Waals surface area (Å²) in [6.45, 7) is 0. The minimum absolute atomic E-state index is 0. The molecule has 4 heteroatoms. The molecule has 0 fully saturated rings. The minimum atomic E-state index is 0. The molecule has 0 nitrogen and oxygen atoms in total. The number of hydrogen-bond acceptors (Lipinski definition) is 1. The van der Waals surface area contributed by atoms with Gasteiger partial charge in [-0.15, -0.1) is 25.3 Å². The largest absolute Gasteiger partial charge is 0.125 e. The summed E-state index contributed by atoms with van der Waals surface area (Å²) in [4.78, 5) is 0. The molecular weight excluding hydrogens is 147 g/mol. The molecule has 0 unspecified atom stereocenters. The predicted molar refractivity (Wildman–Crippen MR) is 36.3 cm³/mol. The fraction of sp³-hybridized carbons (Fsp3) is 0. The molecular formula is CH2KS3. The van der Waals surface area contributed by atoms with Gasteiger partial charge in [0, 0.05) is 51.4 Å². The van der Waals surface area contributed by atoms with E-state index in [1.165, 1.54) is 0 Å². The zero-order chi connectivity index (χ0) is 3.58. The van der Waals surface area contributed by atoms with Crippen molar-refractivity contribution in [1.29, 1.82) is 0 Å². The van der Waals surface area contributed by atoms with E-state index in [1.807, 2.05) is 0 Å². The van der Waals surface area contributed by atoms with Crippen molar-refractivity contribution in [3.63, 3.8) is 0 Å². The summed E-state index contributed by atoms with van der Waals surface area (Å²) in [5.41, 5.74) is 0. The third-order valence-corrected chi connectivity index (χ3v) is 0. The van der Waals surface area contributed by atoms with Crippen LogP contribution in [0.3, 0.4) is 0 Å². The fourth-order valence-electron chi connectivity index (χ4n) is 0. The third-order valence-electron chi connectivity index (χ3n) is 0.